The number of ether oxygens (including phenoxy) is 1. The van der Waals surface area contributed by atoms with Gasteiger partial charge < -0.3 is 9.84 Å². The molecule has 62 valence electrons. The minimum Gasteiger partial charge on any atom is -0.478 e. The molecule has 1 saturated heterocycles. The van der Waals surface area contributed by atoms with E-state index in [0.29, 0.717) is 24.7 Å². The van der Waals surface area contributed by atoms with Crippen molar-refractivity contribution < 1.29 is 14.6 Å². The first-order valence-electron chi connectivity index (χ1n) is 3.62. The molecule has 1 atom stereocenters. The van der Waals surface area contributed by atoms with E-state index in [9.17, 15) is 4.79 Å². The third-order valence-electron chi connectivity index (χ3n) is 2.20. The number of aliphatic carboxylic acids is 1. The van der Waals surface area contributed by atoms with Gasteiger partial charge in [-0.3, -0.25) is 0 Å². The zero-order chi connectivity index (χ0) is 8.43. The third kappa shape index (κ3) is 1.60. The van der Waals surface area contributed by atoms with Crippen LogP contribution in [0.5, 0.6) is 0 Å². The van der Waals surface area contributed by atoms with Crippen molar-refractivity contribution in [1.29, 1.82) is 0 Å². The second-order valence-corrected chi connectivity index (χ2v) is 2.92. The topological polar surface area (TPSA) is 46.5 Å². The quantitative estimate of drug-likeness (QED) is 0.618. The molecule has 1 heterocycles. The van der Waals surface area contributed by atoms with Crippen LogP contribution in [0.4, 0.5) is 0 Å². The average molecular weight is 156 g/mol. The van der Waals surface area contributed by atoms with Gasteiger partial charge in [0, 0.05) is 11.5 Å². The molecule has 0 aromatic heterocycles. The van der Waals surface area contributed by atoms with Crippen molar-refractivity contribution in [2.75, 3.05) is 13.2 Å². The molecule has 11 heavy (non-hydrogen) atoms. The van der Waals surface area contributed by atoms with E-state index in [1.54, 1.807) is 0 Å². The molecular formula is C8H12O3. The van der Waals surface area contributed by atoms with Crippen molar-refractivity contribution in [3.8, 4) is 0 Å². The molecule has 1 aliphatic rings. The highest BCUT2D eigenvalue weighted by atomic mass is 16.5. The normalized spacial score (nSPS) is 20.5. The summed E-state index contributed by atoms with van der Waals surface area (Å²) < 4.78 is 4.95. The van der Waals surface area contributed by atoms with Crippen LogP contribution in [-0.2, 0) is 9.53 Å². The van der Waals surface area contributed by atoms with Crippen molar-refractivity contribution in [1.82, 2.24) is 0 Å². The van der Waals surface area contributed by atoms with E-state index in [4.69, 9.17) is 9.84 Å². The van der Waals surface area contributed by atoms with Crippen molar-refractivity contribution >= 4 is 5.97 Å². The molecular weight excluding hydrogens is 144 g/mol. The Balaban J connectivity index is 2.45. The van der Waals surface area contributed by atoms with Gasteiger partial charge in [0.2, 0.25) is 0 Å². The van der Waals surface area contributed by atoms with Gasteiger partial charge in [0.15, 0.2) is 0 Å². The Labute approximate surface area is 65.7 Å². The summed E-state index contributed by atoms with van der Waals surface area (Å²) in [4.78, 5) is 10.4. The van der Waals surface area contributed by atoms with Gasteiger partial charge >= 0.3 is 5.97 Å². The molecule has 1 N–H and O–H groups in total. The Kier molecular flexibility index (Phi) is 2.29. The van der Waals surface area contributed by atoms with Crippen molar-refractivity contribution in [3.05, 3.63) is 12.2 Å². The Bertz CT molecular complexity index is 182. The molecule has 0 radical (unpaired) electrons. The molecule has 1 unspecified atom stereocenters. The first kappa shape index (κ1) is 8.27. The molecule has 0 saturated carbocycles. The fraction of sp³-hybridized carbons (Fsp3) is 0.625. The smallest absolute Gasteiger partial charge is 0.331 e. The summed E-state index contributed by atoms with van der Waals surface area (Å²) in [6.07, 6.45) is 0. The Morgan fingerprint density at radius 3 is 2.55 bits per heavy atom. The summed E-state index contributed by atoms with van der Waals surface area (Å²) in [7, 11) is 0. The second kappa shape index (κ2) is 3.05. The summed E-state index contributed by atoms with van der Waals surface area (Å²) in [6.45, 7) is 6.73. The Morgan fingerprint density at radius 2 is 2.27 bits per heavy atom. The van der Waals surface area contributed by atoms with Crippen LogP contribution in [0, 0.1) is 11.8 Å². The van der Waals surface area contributed by atoms with E-state index in [0.717, 1.165) is 0 Å². The number of carboxylic acid groups (broad SMARTS) is 1. The van der Waals surface area contributed by atoms with E-state index >= 15 is 0 Å². The van der Waals surface area contributed by atoms with E-state index in [1.165, 1.54) is 0 Å². The van der Waals surface area contributed by atoms with Gasteiger partial charge in [-0.15, -0.1) is 0 Å². The highest BCUT2D eigenvalue weighted by molar-refractivity contribution is 5.86. The van der Waals surface area contributed by atoms with Gasteiger partial charge in [0.05, 0.1) is 13.2 Å². The number of rotatable bonds is 3. The number of hydrogen-bond donors (Lipinski definition) is 1. The van der Waals surface area contributed by atoms with Crippen LogP contribution in [0.15, 0.2) is 12.2 Å². The maximum Gasteiger partial charge on any atom is 0.331 e. The van der Waals surface area contributed by atoms with Crippen LogP contribution in [-0.4, -0.2) is 24.3 Å². The molecule has 0 spiro atoms. The molecule has 0 aromatic carbocycles. The lowest BCUT2D eigenvalue weighted by atomic mass is 9.87. The van der Waals surface area contributed by atoms with E-state index in [2.05, 4.69) is 6.58 Å². The lowest BCUT2D eigenvalue weighted by Crippen LogP contribution is -2.35. The Hall–Kier alpha value is -0.830. The average Bonchev–Trinajstić information content (AvgIpc) is 1.82. The van der Waals surface area contributed by atoms with Crippen molar-refractivity contribution in [3.63, 3.8) is 0 Å². The predicted octanol–water partition coefficient (Wildman–Crippen LogP) is 0.910. The van der Waals surface area contributed by atoms with E-state index in [-0.39, 0.29) is 5.92 Å². The van der Waals surface area contributed by atoms with E-state index in [1.807, 2.05) is 6.92 Å². The van der Waals surface area contributed by atoms with Gasteiger partial charge in [-0.2, -0.15) is 0 Å². The first-order valence-corrected chi connectivity index (χ1v) is 3.62. The maximum absolute atomic E-state index is 10.4. The van der Waals surface area contributed by atoms with Crippen LogP contribution in [0.1, 0.15) is 6.92 Å². The molecule has 1 aliphatic heterocycles. The maximum atomic E-state index is 10.4. The molecule has 0 aromatic rings. The van der Waals surface area contributed by atoms with Gasteiger partial charge in [0.25, 0.3) is 0 Å². The first-order chi connectivity index (χ1) is 5.13. The third-order valence-corrected chi connectivity index (χ3v) is 2.20. The predicted molar refractivity (Wildman–Crippen MR) is 40.2 cm³/mol. The molecule has 1 rings (SSSR count). The van der Waals surface area contributed by atoms with Gasteiger partial charge in [-0.05, 0) is 5.92 Å². The monoisotopic (exact) mass is 156 g/mol. The van der Waals surface area contributed by atoms with Crippen LogP contribution in [0.2, 0.25) is 0 Å². The summed E-state index contributed by atoms with van der Waals surface area (Å²) in [5.74, 6) is -0.496. The van der Waals surface area contributed by atoms with Crippen molar-refractivity contribution in [2.24, 2.45) is 11.8 Å². The lowest BCUT2D eigenvalue weighted by Gasteiger charge is -2.31. The highest BCUT2D eigenvalue weighted by Gasteiger charge is 2.29. The molecule has 0 bridgehead atoms. The van der Waals surface area contributed by atoms with Gasteiger partial charge in [-0.25, -0.2) is 4.79 Å². The van der Waals surface area contributed by atoms with Gasteiger partial charge in [0.1, 0.15) is 0 Å². The number of carbonyl (C=O) groups is 1. The highest BCUT2D eigenvalue weighted by Crippen LogP contribution is 2.25. The standard InChI is InChI=1S/C8H12O3/c1-5(6(2)8(9)10)7-3-11-4-7/h5,7H,2-4H2,1H3,(H,9,10). The Morgan fingerprint density at radius 1 is 1.73 bits per heavy atom. The SMILES string of the molecule is C=C(C(=O)O)C(C)C1COC1. The molecule has 0 aliphatic carbocycles. The molecule has 1 fully saturated rings. The number of carboxylic acids is 1. The van der Waals surface area contributed by atoms with Crippen molar-refractivity contribution in [2.45, 2.75) is 6.92 Å². The molecule has 3 heteroatoms. The van der Waals surface area contributed by atoms with Crippen LogP contribution in [0.3, 0.4) is 0 Å². The summed E-state index contributed by atoms with van der Waals surface area (Å²) in [6, 6.07) is 0. The molecule has 3 nitrogen and oxygen atoms in total. The zero-order valence-electron chi connectivity index (χ0n) is 6.54. The van der Waals surface area contributed by atoms with Gasteiger partial charge in [-0.1, -0.05) is 13.5 Å². The molecule has 0 amide bonds. The fourth-order valence-corrected chi connectivity index (χ4v) is 1.02. The number of hydrogen-bond acceptors (Lipinski definition) is 2. The lowest BCUT2D eigenvalue weighted by molar-refractivity contribution is -0.134. The summed E-state index contributed by atoms with van der Waals surface area (Å²) in [5.41, 5.74) is 0.290. The van der Waals surface area contributed by atoms with Crippen LogP contribution >= 0.6 is 0 Å². The van der Waals surface area contributed by atoms with E-state index < -0.39 is 5.97 Å². The van der Waals surface area contributed by atoms with Crippen LogP contribution in [0.25, 0.3) is 0 Å². The summed E-state index contributed by atoms with van der Waals surface area (Å²) in [5, 5.41) is 8.58. The minimum atomic E-state index is -0.899. The zero-order valence-corrected chi connectivity index (χ0v) is 6.54. The minimum absolute atomic E-state index is 0.0428. The second-order valence-electron chi connectivity index (χ2n) is 2.92. The summed E-state index contributed by atoms with van der Waals surface area (Å²) >= 11 is 0. The van der Waals surface area contributed by atoms with Crippen LogP contribution < -0.4 is 0 Å². The largest absolute Gasteiger partial charge is 0.478 e. The fourth-order valence-electron chi connectivity index (χ4n) is 1.02.